The van der Waals surface area contributed by atoms with E-state index in [1.807, 2.05) is 51.1 Å². The Balaban J connectivity index is 1.68. The van der Waals surface area contributed by atoms with Crippen molar-refractivity contribution in [1.29, 1.82) is 0 Å². The molecule has 1 atom stereocenters. The number of benzene rings is 2. The lowest BCUT2D eigenvalue weighted by molar-refractivity contribution is -0.140. The number of aryl methyl sites for hydroxylation is 2. The largest absolute Gasteiger partial charge is 0.507 e. The average Bonchev–Trinajstić information content (AvgIpc) is 3.10. The molecule has 2 aromatic rings. The molecule has 2 aromatic carbocycles. The van der Waals surface area contributed by atoms with Gasteiger partial charge >= 0.3 is 0 Å². The van der Waals surface area contributed by atoms with Gasteiger partial charge in [0.1, 0.15) is 11.5 Å². The number of rotatable bonds is 8. The summed E-state index contributed by atoms with van der Waals surface area (Å²) in [6.07, 6.45) is 0.734. The van der Waals surface area contributed by atoms with Crippen molar-refractivity contribution in [1.82, 2.24) is 9.80 Å². The van der Waals surface area contributed by atoms with Gasteiger partial charge < -0.3 is 19.5 Å². The lowest BCUT2D eigenvalue weighted by Crippen LogP contribution is -2.38. The standard InChI is InChI=1S/C28H34N2O5/c1-4-35-22-10-11-23(20(3)18-22)26(31)24-25(21-8-6-19(2)7-9-21)30(28(33)27(24)32)13-5-12-29-14-16-34-17-15-29/h6-11,18,25,31H,4-5,12-17H2,1-3H3/t25-/m0/s1. The van der Waals surface area contributed by atoms with Gasteiger partial charge in [0.25, 0.3) is 11.7 Å². The van der Waals surface area contributed by atoms with Crippen LogP contribution in [-0.4, -0.2) is 72.6 Å². The van der Waals surface area contributed by atoms with Crippen LogP contribution in [0.2, 0.25) is 0 Å². The summed E-state index contributed by atoms with van der Waals surface area (Å²) in [6.45, 7) is 10.7. The minimum Gasteiger partial charge on any atom is -0.507 e. The van der Waals surface area contributed by atoms with Crippen LogP contribution < -0.4 is 4.74 Å². The third-order valence-electron chi connectivity index (χ3n) is 6.67. The Labute approximate surface area is 206 Å². The molecule has 0 radical (unpaired) electrons. The van der Waals surface area contributed by atoms with Gasteiger partial charge in [-0.3, -0.25) is 14.5 Å². The molecule has 2 saturated heterocycles. The van der Waals surface area contributed by atoms with Gasteiger partial charge in [-0.05, 0) is 56.5 Å². The molecule has 7 heteroatoms. The van der Waals surface area contributed by atoms with Crippen molar-refractivity contribution in [2.75, 3.05) is 46.0 Å². The zero-order valence-corrected chi connectivity index (χ0v) is 20.8. The topological polar surface area (TPSA) is 79.3 Å². The molecular formula is C28H34N2O5. The highest BCUT2D eigenvalue weighted by atomic mass is 16.5. The number of aliphatic hydroxyl groups excluding tert-OH is 1. The third kappa shape index (κ3) is 5.41. The van der Waals surface area contributed by atoms with E-state index in [2.05, 4.69) is 4.90 Å². The van der Waals surface area contributed by atoms with E-state index in [1.165, 1.54) is 0 Å². The van der Waals surface area contributed by atoms with Crippen molar-refractivity contribution in [3.05, 3.63) is 70.3 Å². The van der Waals surface area contributed by atoms with Crippen LogP contribution in [0.1, 0.15) is 41.6 Å². The Kier molecular flexibility index (Phi) is 7.88. The van der Waals surface area contributed by atoms with Crippen LogP contribution in [0.3, 0.4) is 0 Å². The Morgan fingerprint density at radius 1 is 1.06 bits per heavy atom. The summed E-state index contributed by atoms with van der Waals surface area (Å²) in [5, 5.41) is 11.4. The van der Waals surface area contributed by atoms with E-state index < -0.39 is 17.7 Å². The molecule has 186 valence electrons. The van der Waals surface area contributed by atoms with E-state index in [-0.39, 0.29) is 11.3 Å². The first-order chi connectivity index (χ1) is 16.9. The minimum absolute atomic E-state index is 0.137. The van der Waals surface area contributed by atoms with Gasteiger partial charge in [-0.25, -0.2) is 0 Å². The molecule has 2 heterocycles. The van der Waals surface area contributed by atoms with Gasteiger partial charge in [-0.15, -0.1) is 0 Å². The maximum atomic E-state index is 13.3. The highest BCUT2D eigenvalue weighted by Gasteiger charge is 2.45. The molecule has 1 amide bonds. The van der Waals surface area contributed by atoms with Crippen molar-refractivity contribution in [2.45, 2.75) is 33.2 Å². The molecule has 1 N–H and O–H groups in total. The second-order valence-electron chi connectivity index (χ2n) is 9.12. The van der Waals surface area contributed by atoms with E-state index in [0.717, 1.165) is 56.0 Å². The summed E-state index contributed by atoms with van der Waals surface area (Å²) in [4.78, 5) is 30.4. The molecule has 0 bridgehead atoms. The maximum absolute atomic E-state index is 13.3. The molecule has 2 aliphatic heterocycles. The van der Waals surface area contributed by atoms with Crippen LogP contribution in [0.5, 0.6) is 5.75 Å². The summed E-state index contributed by atoms with van der Waals surface area (Å²) in [6, 6.07) is 12.5. The minimum atomic E-state index is -0.646. The number of carbonyl (C=O) groups is 2. The predicted molar refractivity (Wildman–Crippen MR) is 134 cm³/mol. The highest BCUT2D eigenvalue weighted by Crippen LogP contribution is 2.40. The van der Waals surface area contributed by atoms with Crippen LogP contribution in [-0.2, 0) is 14.3 Å². The normalized spacial score (nSPS) is 20.4. The molecule has 0 aromatic heterocycles. The summed E-state index contributed by atoms with van der Waals surface area (Å²) >= 11 is 0. The SMILES string of the molecule is CCOc1ccc(C(O)=C2C(=O)C(=O)N(CCCN3CCOCC3)[C@H]2c2ccc(C)cc2)c(C)c1. The van der Waals surface area contributed by atoms with Crippen molar-refractivity contribution in [3.8, 4) is 5.75 Å². The second-order valence-corrected chi connectivity index (χ2v) is 9.12. The molecule has 35 heavy (non-hydrogen) atoms. The van der Waals surface area contributed by atoms with Crippen molar-refractivity contribution < 1.29 is 24.2 Å². The van der Waals surface area contributed by atoms with E-state index in [0.29, 0.717) is 24.5 Å². The Hall–Kier alpha value is -3.16. The van der Waals surface area contributed by atoms with Crippen LogP contribution in [0.15, 0.2) is 48.0 Å². The Morgan fingerprint density at radius 3 is 2.43 bits per heavy atom. The maximum Gasteiger partial charge on any atom is 0.295 e. The number of ketones is 1. The van der Waals surface area contributed by atoms with Gasteiger partial charge in [-0.2, -0.15) is 0 Å². The number of hydrogen-bond donors (Lipinski definition) is 1. The van der Waals surface area contributed by atoms with Crippen LogP contribution >= 0.6 is 0 Å². The van der Waals surface area contributed by atoms with Crippen molar-refractivity contribution in [2.24, 2.45) is 0 Å². The lowest BCUT2D eigenvalue weighted by Gasteiger charge is -2.29. The molecule has 4 rings (SSSR count). The number of likely N-dealkylation sites (tertiary alicyclic amines) is 1. The summed E-state index contributed by atoms with van der Waals surface area (Å²) < 4.78 is 11.0. The fourth-order valence-corrected chi connectivity index (χ4v) is 4.80. The Morgan fingerprint density at radius 2 is 1.77 bits per heavy atom. The van der Waals surface area contributed by atoms with E-state index in [1.54, 1.807) is 17.0 Å². The first kappa shape index (κ1) is 24.9. The fourth-order valence-electron chi connectivity index (χ4n) is 4.80. The average molecular weight is 479 g/mol. The first-order valence-electron chi connectivity index (χ1n) is 12.3. The second kappa shape index (κ2) is 11.1. The smallest absolute Gasteiger partial charge is 0.295 e. The monoisotopic (exact) mass is 478 g/mol. The van der Waals surface area contributed by atoms with E-state index >= 15 is 0 Å². The number of ether oxygens (including phenoxy) is 2. The number of Topliss-reactive ketones (excluding diaryl/α,β-unsaturated/α-hetero) is 1. The zero-order valence-electron chi connectivity index (χ0n) is 20.8. The van der Waals surface area contributed by atoms with Gasteiger partial charge in [0.15, 0.2) is 0 Å². The molecule has 0 unspecified atom stereocenters. The number of carbonyl (C=O) groups excluding carboxylic acids is 2. The van der Waals surface area contributed by atoms with Crippen LogP contribution in [0.25, 0.3) is 5.76 Å². The summed E-state index contributed by atoms with van der Waals surface area (Å²) in [5.74, 6) is -0.666. The van der Waals surface area contributed by atoms with Gasteiger partial charge in [-0.1, -0.05) is 29.8 Å². The molecule has 0 saturated carbocycles. The third-order valence-corrected chi connectivity index (χ3v) is 6.67. The van der Waals surface area contributed by atoms with Gasteiger partial charge in [0, 0.05) is 31.7 Å². The summed E-state index contributed by atoms with van der Waals surface area (Å²) in [5.41, 5.74) is 3.33. The van der Waals surface area contributed by atoms with Gasteiger partial charge in [0.2, 0.25) is 0 Å². The molecule has 2 aliphatic rings. The fraction of sp³-hybridized carbons (Fsp3) is 0.429. The Bertz CT molecular complexity index is 1100. The first-order valence-corrected chi connectivity index (χ1v) is 12.3. The van der Waals surface area contributed by atoms with Gasteiger partial charge in [0.05, 0.1) is 31.4 Å². The van der Waals surface area contributed by atoms with Crippen molar-refractivity contribution in [3.63, 3.8) is 0 Å². The molecule has 0 aliphatic carbocycles. The molecular weight excluding hydrogens is 444 g/mol. The van der Waals surface area contributed by atoms with E-state index in [4.69, 9.17) is 9.47 Å². The predicted octanol–water partition coefficient (Wildman–Crippen LogP) is 3.85. The number of nitrogens with zero attached hydrogens (tertiary/aromatic N) is 2. The van der Waals surface area contributed by atoms with Crippen molar-refractivity contribution >= 4 is 17.4 Å². The lowest BCUT2D eigenvalue weighted by atomic mass is 9.93. The number of hydrogen-bond acceptors (Lipinski definition) is 6. The molecule has 7 nitrogen and oxygen atoms in total. The van der Waals surface area contributed by atoms with Crippen LogP contribution in [0.4, 0.5) is 0 Å². The number of amides is 1. The number of aliphatic hydroxyl groups is 1. The highest BCUT2D eigenvalue weighted by molar-refractivity contribution is 6.46. The molecule has 2 fully saturated rings. The molecule has 0 spiro atoms. The zero-order chi connectivity index (χ0) is 24.9. The number of morpholine rings is 1. The summed E-state index contributed by atoms with van der Waals surface area (Å²) in [7, 11) is 0. The quantitative estimate of drug-likeness (QED) is 0.353. The van der Waals surface area contributed by atoms with E-state index in [9.17, 15) is 14.7 Å². The van der Waals surface area contributed by atoms with Crippen LogP contribution in [0, 0.1) is 13.8 Å².